The molecular formula is C28H30FN7O3. The number of carbonyl (C=O) groups is 1. The van der Waals surface area contributed by atoms with Crippen LogP contribution in [0, 0.1) is 28.8 Å². The van der Waals surface area contributed by atoms with Crippen LogP contribution in [0.3, 0.4) is 0 Å². The van der Waals surface area contributed by atoms with Gasteiger partial charge in [0, 0.05) is 50.3 Å². The number of nitrogens with zero attached hydrogens (tertiary/aromatic N) is 7. The minimum absolute atomic E-state index is 0.106. The Morgan fingerprint density at radius 3 is 2.46 bits per heavy atom. The summed E-state index contributed by atoms with van der Waals surface area (Å²) in [6, 6.07) is 12.0. The van der Waals surface area contributed by atoms with Crippen LogP contribution in [0.25, 0.3) is 16.7 Å². The summed E-state index contributed by atoms with van der Waals surface area (Å²) >= 11 is 0. The molecule has 0 saturated carbocycles. The van der Waals surface area contributed by atoms with Gasteiger partial charge in [0.05, 0.1) is 21.7 Å². The average Bonchev–Trinajstić information content (AvgIpc) is 3.27. The molecule has 4 aromatic rings. The third kappa shape index (κ3) is 5.43. The Bertz CT molecular complexity index is 1530. The molecule has 202 valence electrons. The Hall–Kier alpha value is -4.41. The number of hydrogen-bond acceptors (Lipinski definition) is 7. The average molecular weight is 532 g/mol. The molecule has 0 spiro atoms. The molecule has 0 N–H and O–H groups in total. The molecule has 1 saturated heterocycles. The molecule has 5 rings (SSSR count). The Morgan fingerprint density at radius 1 is 1.08 bits per heavy atom. The van der Waals surface area contributed by atoms with E-state index < -0.39 is 4.92 Å². The van der Waals surface area contributed by atoms with Gasteiger partial charge in [0.1, 0.15) is 17.5 Å². The maximum Gasteiger partial charge on any atom is 0.270 e. The quantitative estimate of drug-likeness (QED) is 0.251. The number of carbonyl (C=O) groups excluding carboxylic acids is 1. The molecule has 0 atom stereocenters. The second-order valence-electron chi connectivity index (χ2n) is 10.2. The van der Waals surface area contributed by atoms with Gasteiger partial charge in [-0.3, -0.25) is 14.9 Å². The van der Waals surface area contributed by atoms with Gasteiger partial charge in [-0.05, 0) is 49.6 Å². The molecule has 0 radical (unpaired) electrons. The lowest BCUT2D eigenvalue weighted by atomic mass is 10.1. The van der Waals surface area contributed by atoms with Crippen LogP contribution in [0.5, 0.6) is 0 Å². The lowest BCUT2D eigenvalue weighted by molar-refractivity contribution is -0.384. The zero-order chi connectivity index (χ0) is 27.7. The van der Waals surface area contributed by atoms with Gasteiger partial charge in [-0.1, -0.05) is 19.9 Å². The molecular weight excluding hydrogens is 501 g/mol. The van der Waals surface area contributed by atoms with Crippen LogP contribution in [0.4, 0.5) is 15.9 Å². The van der Waals surface area contributed by atoms with Crippen LogP contribution in [-0.2, 0) is 6.42 Å². The number of non-ortho nitro benzene ring substituents is 1. The Balaban J connectivity index is 1.45. The van der Waals surface area contributed by atoms with E-state index in [1.54, 1.807) is 27.8 Å². The predicted molar refractivity (Wildman–Crippen MR) is 146 cm³/mol. The highest BCUT2D eigenvalue weighted by molar-refractivity contribution is 5.95. The number of aromatic nitrogens is 4. The molecule has 39 heavy (non-hydrogen) atoms. The number of halogens is 1. The van der Waals surface area contributed by atoms with Gasteiger partial charge < -0.3 is 9.80 Å². The number of rotatable bonds is 7. The van der Waals surface area contributed by atoms with E-state index in [1.807, 2.05) is 6.92 Å². The van der Waals surface area contributed by atoms with Crippen LogP contribution in [0.2, 0.25) is 0 Å². The van der Waals surface area contributed by atoms with E-state index in [0.29, 0.717) is 61.2 Å². The van der Waals surface area contributed by atoms with Crippen molar-refractivity contribution in [3.63, 3.8) is 0 Å². The standard InChI is InChI=1S/C28H30FN7O3/c1-18(2)7-12-24-30-26(25-19(3)32-35(27(25)31-24)22-10-8-21(29)9-11-22)33-13-15-34(16-14-33)28(37)20-5-4-6-23(17-20)36(38)39/h4-6,8-11,17-18H,7,12-16H2,1-3H3. The fourth-order valence-corrected chi connectivity index (χ4v) is 4.78. The number of benzene rings is 2. The molecule has 1 fully saturated rings. The van der Waals surface area contributed by atoms with E-state index in [2.05, 4.69) is 18.7 Å². The normalized spacial score (nSPS) is 13.9. The third-order valence-corrected chi connectivity index (χ3v) is 6.92. The first-order valence-corrected chi connectivity index (χ1v) is 13.0. The molecule has 1 amide bonds. The van der Waals surface area contributed by atoms with Crippen LogP contribution in [-0.4, -0.2) is 61.7 Å². The first-order valence-electron chi connectivity index (χ1n) is 13.0. The van der Waals surface area contributed by atoms with E-state index in [0.717, 1.165) is 23.3 Å². The van der Waals surface area contributed by atoms with E-state index in [4.69, 9.17) is 15.1 Å². The number of nitro benzene ring substituents is 1. The van der Waals surface area contributed by atoms with E-state index >= 15 is 0 Å². The fraction of sp³-hybridized carbons (Fsp3) is 0.357. The second kappa shape index (κ2) is 10.8. The molecule has 1 aliphatic heterocycles. The second-order valence-corrected chi connectivity index (χ2v) is 10.2. The summed E-state index contributed by atoms with van der Waals surface area (Å²) in [5.74, 6) is 1.41. The molecule has 1 aliphatic rings. The summed E-state index contributed by atoms with van der Waals surface area (Å²) in [7, 11) is 0. The number of nitro groups is 1. The first kappa shape index (κ1) is 26.2. The Morgan fingerprint density at radius 2 is 1.79 bits per heavy atom. The largest absolute Gasteiger partial charge is 0.352 e. The van der Waals surface area contributed by atoms with Crippen molar-refractivity contribution in [2.45, 2.75) is 33.6 Å². The number of aryl methyl sites for hydroxylation is 2. The molecule has 0 bridgehead atoms. The van der Waals surface area contributed by atoms with Crippen LogP contribution >= 0.6 is 0 Å². The number of fused-ring (bicyclic) bond motifs is 1. The van der Waals surface area contributed by atoms with Gasteiger partial charge in [0.25, 0.3) is 11.6 Å². The molecule has 10 nitrogen and oxygen atoms in total. The van der Waals surface area contributed by atoms with Crippen LogP contribution < -0.4 is 4.90 Å². The highest BCUT2D eigenvalue weighted by atomic mass is 19.1. The Labute approximate surface area is 225 Å². The van der Waals surface area contributed by atoms with Crippen LogP contribution in [0.1, 0.15) is 42.1 Å². The van der Waals surface area contributed by atoms with Gasteiger partial charge >= 0.3 is 0 Å². The summed E-state index contributed by atoms with van der Waals surface area (Å²) in [5, 5.41) is 16.7. The maximum atomic E-state index is 13.6. The van der Waals surface area contributed by atoms with Gasteiger partial charge in [0.15, 0.2) is 5.65 Å². The minimum atomic E-state index is -0.500. The maximum absolute atomic E-state index is 13.6. The van der Waals surface area contributed by atoms with Gasteiger partial charge in [-0.15, -0.1) is 0 Å². The minimum Gasteiger partial charge on any atom is -0.352 e. The number of hydrogen-bond donors (Lipinski definition) is 0. The van der Waals surface area contributed by atoms with Crippen molar-refractivity contribution in [3.05, 3.63) is 81.5 Å². The fourth-order valence-electron chi connectivity index (χ4n) is 4.78. The summed E-state index contributed by atoms with van der Waals surface area (Å²) in [5.41, 5.74) is 2.33. The van der Waals surface area contributed by atoms with Gasteiger partial charge in [-0.25, -0.2) is 19.0 Å². The van der Waals surface area contributed by atoms with Crippen molar-refractivity contribution < 1.29 is 14.1 Å². The summed E-state index contributed by atoms with van der Waals surface area (Å²) < 4.78 is 15.3. The van der Waals surface area contributed by atoms with Gasteiger partial charge in [-0.2, -0.15) is 5.10 Å². The summed E-state index contributed by atoms with van der Waals surface area (Å²) in [6.07, 6.45) is 1.64. The molecule has 0 aliphatic carbocycles. The number of piperazine rings is 1. The smallest absolute Gasteiger partial charge is 0.270 e. The van der Waals surface area contributed by atoms with E-state index in [1.165, 1.54) is 30.3 Å². The molecule has 3 heterocycles. The van der Waals surface area contributed by atoms with Crippen molar-refractivity contribution in [3.8, 4) is 5.69 Å². The van der Waals surface area contributed by atoms with Crippen molar-refractivity contribution in [1.29, 1.82) is 0 Å². The highest BCUT2D eigenvalue weighted by Crippen LogP contribution is 2.30. The predicted octanol–water partition coefficient (Wildman–Crippen LogP) is 4.72. The van der Waals surface area contributed by atoms with E-state index in [-0.39, 0.29) is 17.4 Å². The molecule has 2 aromatic carbocycles. The van der Waals surface area contributed by atoms with Crippen molar-refractivity contribution in [2.75, 3.05) is 31.1 Å². The molecule has 11 heteroatoms. The van der Waals surface area contributed by atoms with Crippen molar-refractivity contribution in [1.82, 2.24) is 24.6 Å². The third-order valence-electron chi connectivity index (χ3n) is 6.92. The Kier molecular flexibility index (Phi) is 7.23. The number of anilines is 1. The lowest BCUT2D eigenvalue weighted by Crippen LogP contribution is -2.49. The van der Waals surface area contributed by atoms with E-state index in [9.17, 15) is 19.3 Å². The zero-order valence-electron chi connectivity index (χ0n) is 22.2. The zero-order valence-corrected chi connectivity index (χ0v) is 22.2. The highest BCUT2D eigenvalue weighted by Gasteiger charge is 2.27. The lowest BCUT2D eigenvalue weighted by Gasteiger charge is -2.35. The van der Waals surface area contributed by atoms with Gasteiger partial charge in [0.2, 0.25) is 0 Å². The SMILES string of the molecule is Cc1nn(-c2ccc(F)cc2)c2nc(CCC(C)C)nc(N3CCN(C(=O)c4cccc([N+](=O)[O-])c4)CC3)c12. The molecule has 0 unspecified atom stereocenters. The molecule has 2 aromatic heterocycles. The monoisotopic (exact) mass is 531 g/mol. The van der Waals surface area contributed by atoms with Crippen molar-refractivity contribution >= 4 is 28.4 Å². The topological polar surface area (TPSA) is 110 Å². The summed E-state index contributed by atoms with van der Waals surface area (Å²) in [4.78, 5) is 37.4. The number of amides is 1. The van der Waals surface area contributed by atoms with Crippen molar-refractivity contribution in [2.24, 2.45) is 5.92 Å². The first-order chi connectivity index (χ1) is 18.7. The van der Waals surface area contributed by atoms with Crippen LogP contribution in [0.15, 0.2) is 48.5 Å². The summed E-state index contributed by atoms with van der Waals surface area (Å²) in [6.45, 7) is 8.19.